The molecule has 2 N–H and O–H groups in total. The van der Waals surface area contributed by atoms with E-state index in [2.05, 4.69) is 42.4 Å². The molecule has 2 amide bonds. The van der Waals surface area contributed by atoms with Crippen molar-refractivity contribution in [1.82, 2.24) is 25.2 Å². The number of hydrogen-bond acceptors (Lipinski definition) is 8. The Morgan fingerprint density at radius 3 is 2.73 bits per heavy atom. The molecule has 0 spiro atoms. The minimum absolute atomic E-state index is 0.124. The molecule has 0 unspecified atom stereocenters. The topological polar surface area (TPSA) is 103 Å². The third-order valence-electron chi connectivity index (χ3n) is 4.11. The van der Waals surface area contributed by atoms with Gasteiger partial charge in [-0.15, -0.1) is 11.3 Å². The fourth-order valence-electron chi connectivity index (χ4n) is 2.54. The van der Waals surface area contributed by atoms with Crippen molar-refractivity contribution in [2.75, 3.05) is 50.5 Å². The van der Waals surface area contributed by atoms with Crippen LogP contribution in [0.5, 0.6) is 0 Å². The largest absolute Gasteiger partial charge is 0.359 e. The number of piperazine rings is 1. The lowest BCUT2D eigenvalue weighted by atomic mass is 10.3. The normalized spacial score (nSPS) is 14.9. The number of nitrogens with one attached hydrogen (secondary N) is 2. The number of anilines is 2. The van der Waals surface area contributed by atoms with Crippen LogP contribution >= 0.6 is 11.3 Å². The molecule has 10 heteroatoms. The Morgan fingerprint density at radius 2 is 2.00 bits per heavy atom. The first kappa shape index (κ1) is 18.2. The van der Waals surface area contributed by atoms with Crippen molar-refractivity contribution in [1.29, 1.82) is 0 Å². The third-order valence-corrected chi connectivity index (χ3v) is 4.91. The van der Waals surface area contributed by atoms with Crippen LogP contribution in [0.15, 0.2) is 17.8 Å². The molecule has 138 valence electrons. The molecular weight excluding hydrogens is 354 g/mol. The summed E-state index contributed by atoms with van der Waals surface area (Å²) in [4.78, 5) is 40.8. The summed E-state index contributed by atoms with van der Waals surface area (Å²) >= 11 is 1.28. The lowest BCUT2D eigenvalue weighted by Gasteiger charge is -2.33. The Balaban J connectivity index is 1.65. The van der Waals surface area contributed by atoms with E-state index in [-0.39, 0.29) is 23.9 Å². The number of thiazole rings is 1. The van der Waals surface area contributed by atoms with Crippen molar-refractivity contribution in [2.24, 2.45) is 0 Å². The molecule has 3 rings (SSSR count). The molecule has 0 aliphatic carbocycles. The fraction of sp³-hybridized carbons (Fsp3) is 0.438. The summed E-state index contributed by atoms with van der Waals surface area (Å²) in [6, 6.07) is 1.69. The molecule has 0 aromatic carbocycles. The van der Waals surface area contributed by atoms with Gasteiger partial charge in [-0.2, -0.15) is 0 Å². The SMILES string of the molecule is CNC(=O)Cc1csc(NC(=O)c2cc(N3CCN(C)CC3)ncn2)n1. The number of amides is 2. The van der Waals surface area contributed by atoms with Crippen LogP contribution in [-0.4, -0.2) is 71.9 Å². The molecule has 3 heterocycles. The van der Waals surface area contributed by atoms with Gasteiger partial charge in [-0.3, -0.25) is 14.9 Å². The second-order valence-corrected chi connectivity index (χ2v) is 6.86. The molecule has 9 nitrogen and oxygen atoms in total. The zero-order valence-corrected chi connectivity index (χ0v) is 15.5. The molecule has 0 bridgehead atoms. The van der Waals surface area contributed by atoms with Gasteiger partial charge in [-0.05, 0) is 7.05 Å². The average molecular weight is 375 g/mol. The highest BCUT2D eigenvalue weighted by molar-refractivity contribution is 7.14. The summed E-state index contributed by atoms with van der Waals surface area (Å²) in [5.41, 5.74) is 0.905. The lowest BCUT2D eigenvalue weighted by Crippen LogP contribution is -2.44. The predicted molar refractivity (Wildman–Crippen MR) is 99.6 cm³/mol. The van der Waals surface area contributed by atoms with E-state index in [1.54, 1.807) is 18.5 Å². The Hall–Kier alpha value is -2.59. The first-order chi connectivity index (χ1) is 12.5. The van der Waals surface area contributed by atoms with E-state index >= 15 is 0 Å². The monoisotopic (exact) mass is 375 g/mol. The van der Waals surface area contributed by atoms with Crippen molar-refractivity contribution in [2.45, 2.75) is 6.42 Å². The zero-order valence-electron chi connectivity index (χ0n) is 14.7. The highest BCUT2D eigenvalue weighted by Gasteiger charge is 2.18. The summed E-state index contributed by atoms with van der Waals surface area (Å²) in [6.07, 6.45) is 1.59. The molecule has 0 saturated carbocycles. The van der Waals surface area contributed by atoms with E-state index in [0.717, 1.165) is 32.0 Å². The second kappa shape index (κ2) is 8.19. The molecule has 0 radical (unpaired) electrons. The quantitative estimate of drug-likeness (QED) is 0.771. The van der Waals surface area contributed by atoms with Crippen LogP contribution < -0.4 is 15.5 Å². The van der Waals surface area contributed by atoms with Crippen molar-refractivity contribution in [3.8, 4) is 0 Å². The van der Waals surface area contributed by atoms with E-state index in [4.69, 9.17) is 0 Å². The summed E-state index contributed by atoms with van der Waals surface area (Å²) in [5.74, 6) is 0.280. The van der Waals surface area contributed by atoms with Crippen LogP contribution in [-0.2, 0) is 11.2 Å². The third kappa shape index (κ3) is 4.52. The number of nitrogens with zero attached hydrogens (tertiary/aromatic N) is 5. The standard InChI is InChI=1S/C16H21N7O2S/c1-17-14(24)7-11-9-26-16(20-11)21-15(25)12-8-13(19-10-18-12)23-5-3-22(2)4-6-23/h8-10H,3-7H2,1-2H3,(H,17,24)(H,20,21,25). The molecule has 1 fully saturated rings. The van der Waals surface area contributed by atoms with Crippen molar-refractivity contribution < 1.29 is 9.59 Å². The number of rotatable bonds is 5. The van der Waals surface area contributed by atoms with Gasteiger partial charge >= 0.3 is 0 Å². The molecular formula is C16H21N7O2S. The smallest absolute Gasteiger partial charge is 0.276 e. The summed E-state index contributed by atoms with van der Waals surface area (Å²) in [5, 5.41) is 7.46. The number of likely N-dealkylation sites (N-methyl/N-ethyl adjacent to an activating group) is 2. The Labute approximate surface area is 155 Å². The first-order valence-corrected chi connectivity index (χ1v) is 9.15. The lowest BCUT2D eigenvalue weighted by molar-refractivity contribution is -0.120. The maximum absolute atomic E-state index is 12.4. The van der Waals surface area contributed by atoms with E-state index in [0.29, 0.717) is 10.8 Å². The van der Waals surface area contributed by atoms with Gasteiger partial charge in [-0.1, -0.05) is 0 Å². The highest BCUT2D eigenvalue weighted by atomic mass is 32.1. The maximum Gasteiger partial charge on any atom is 0.276 e. The van der Waals surface area contributed by atoms with E-state index in [1.165, 1.54) is 17.7 Å². The van der Waals surface area contributed by atoms with Gasteiger partial charge in [0.15, 0.2) is 5.13 Å². The van der Waals surface area contributed by atoms with Crippen LogP contribution in [0.1, 0.15) is 16.2 Å². The Kier molecular flexibility index (Phi) is 5.74. The van der Waals surface area contributed by atoms with Crippen LogP contribution in [0.4, 0.5) is 10.9 Å². The first-order valence-electron chi connectivity index (χ1n) is 8.27. The summed E-state index contributed by atoms with van der Waals surface area (Å²) in [7, 11) is 3.66. The minimum Gasteiger partial charge on any atom is -0.359 e. The highest BCUT2D eigenvalue weighted by Crippen LogP contribution is 2.18. The van der Waals surface area contributed by atoms with Gasteiger partial charge in [0.25, 0.3) is 5.91 Å². The van der Waals surface area contributed by atoms with E-state index in [9.17, 15) is 9.59 Å². The predicted octanol–water partition coefficient (Wildman–Crippen LogP) is 0.226. The van der Waals surface area contributed by atoms with Crippen LogP contribution in [0.25, 0.3) is 0 Å². The number of carbonyl (C=O) groups is 2. The van der Waals surface area contributed by atoms with Crippen LogP contribution in [0.2, 0.25) is 0 Å². The van der Waals surface area contributed by atoms with Gasteiger partial charge in [0, 0.05) is 44.7 Å². The molecule has 2 aromatic rings. The van der Waals surface area contributed by atoms with Gasteiger partial charge in [0.1, 0.15) is 17.8 Å². The second-order valence-electron chi connectivity index (χ2n) is 6.00. The number of hydrogen-bond donors (Lipinski definition) is 2. The van der Waals surface area contributed by atoms with Crippen molar-refractivity contribution in [3.63, 3.8) is 0 Å². The summed E-state index contributed by atoms with van der Waals surface area (Å²) in [6.45, 7) is 3.64. The zero-order chi connectivity index (χ0) is 18.5. The molecule has 1 saturated heterocycles. The van der Waals surface area contributed by atoms with Gasteiger partial charge in [0.05, 0.1) is 12.1 Å². The number of aromatic nitrogens is 3. The fourth-order valence-corrected chi connectivity index (χ4v) is 3.24. The maximum atomic E-state index is 12.4. The van der Waals surface area contributed by atoms with Crippen LogP contribution in [0, 0.1) is 0 Å². The molecule has 1 aliphatic heterocycles. The Bertz CT molecular complexity index is 786. The molecule has 0 atom stereocenters. The van der Waals surface area contributed by atoms with E-state index in [1.807, 2.05) is 0 Å². The Morgan fingerprint density at radius 1 is 1.23 bits per heavy atom. The van der Waals surface area contributed by atoms with Gasteiger partial charge in [-0.25, -0.2) is 15.0 Å². The van der Waals surface area contributed by atoms with Gasteiger partial charge < -0.3 is 15.1 Å². The van der Waals surface area contributed by atoms with Crippen LogP contribution in [0.3, 0.4) is 0 Å². The summed E-state index contributed by atoms with van der Waals surface area (Å²) < 4.78 is 0. The minimum atomic E-state index is -0.344. The average Bonchev–Trinajstić information content (AvgIpc) is 3.09. The number of carbonyl (C=O) groups excluding carboxylic acids is 2. The van der Waals surface area contributed by atoms with E-state index < -0.39 is 0 Å². The molecule has 2 aromatic heterocycles. The van der Waals surface area contributed by atoms with Gasteiger partial charge in [0.2, 0.25) is 5.91 Å². The molecule has 26 heavy (non-hydrogen) atoms. The molecule has 1 aliphatic rings. The van der Waals surface area contributed by atoms with Crippen molar-refractivity contribution >= 4 is 34.1 Å². The van der Waals surface area contributed by atoms with Crippen molar-refractivity contribution in [3.05, 3.63) is 29.2 Å².